The summed E-state index contributed by atoms with van der Waals surface area (Å²) >= 11 is 0. The summed E-state index contributed by atoms with van der Waals surface area (Å²) in [4.78, 5) is 12.3. The Morgan fingerprint density at radius 1 is 1.11 bits per heavy atom. The maximum Gasteiger partial charge on any atom is 0.319 e. The molecule has 0 aliphatic carbocycles. The van der Waals surface area contributed by atoms with Crippen LogP contribution < -0.4 is 20.7 Å². The number of ether oxygens (including phenoxy) is 2. The lowest BCUT2D eigenvalue weighted by atomic mass is 10.1. The predicted molar refractivity (Wildman–Crippen MR) is 134 cm³/mol. The van der Waals surface area contributed by atoms with Crippen molar-refractivity contribution in [1.29, 1.82) is 5.26 Å². The molecule has 2 amide bonds. The number of urea groups is 1. The van der Waals surface area contributed by atoms with Gasteiger partial charge in [0.1, 0.15) is 17.6 Å². The predicted octanol–water partition coefficient (Wildman–Crippen LogP) is 5.21. The number of rotatable bonds is 9. The molecule has 0 bridgehead atoms. The van der Waals surface area contributed by atoms with E-state index >= 15 is 0 Å². The number of nitrogens with one attached hydrogen (secondary N) is 3. The number of carbonyl (C=O) groups is 1. The van der Waals surface area contributed by atoms with Gasteiger partial charge in [0, 0.05) is 31.5 Å². The molecule has 0 radical (unpaired) electrons. The van der Waals surface area contributed by atoms with Gasteiger partial charge in [-0.25, -0.2) is 9.31 Å². The summed E-state index contributed by atoms with van der Waals surface area (Å²) in [6.45, 7) is 2.95. The zero-order valence-electron chi connectivity index (χ0n) is 19.5. The normalized spacial score (nSPS) is 10.5. The van der Waals surface area contributed by atoms with E-state index in [0.717, 1.165) is 23.4 Å². The van der Waals surface area contributed by atoms with Gasteiger partial charge in [-0.1, -0.05) is 18.2 Å². The largest absolute Gasteiger partial charge is 0.457 e. The highest BCUT2D eigenvalue weighted by Crippen LogP contribution is 2.33. The molecule has 0 spiro atoms. The highest BCUT2D eigenvalue weighted by Gasteiger charge is 2.17. The molecule has 9 nitrogen and oxygen atoms in total. The first-order chi connectivity index (χ1) is 17.1. The number of aryl methyl sites for hydroxylation is 1. The van der Waals surface area contributed by atoms with Crippen LogP contribution in [-0.2, 0) is 4.74 Å². The minimum atomic E-state index is -0.316. The molecule has 0 aliphatic heterocycles. The Labute approximate surface area is 203 Å². The van der Waals surface area contributed by atoms with Crippen LogP contribution in [0.25, 0.3) is 5.52 Å². The van der Waals surface area contributed by atoms with Crippen LogP contribution in [-0.4, -0.2) is 35.9 Å². The topological polar surface area (TPSA) is 113 Å². The molecule has 9 heteroatoms. The van der Waals surface area contributed by atoms with E-state index in [1.807, 2.05) is 61.5 Å². The van der Waals surface area contributed by atoms with Crippen molar-refractivity contribution in [1.82, 2.24) is 14.9 Å². The van der Waals surface area contributed by atoms with E-state index in [4.69, 9.17) is 9.47 Å². The lowest BCUT2D eigenvalue weighted by Gasteiger charge is -2.12. The molecule has 3 N–H and O–H groups in total. The molecule has 0 fully saturated rings. The number of hydrogen-bond donors (Lipinski definition) is 3. The van der Waals surface area contributed by atoms with Crippen molar-refractivity contribution in [3.63, 3.8) is 0 Å². The third-order valence-electron chi connectivity index (χ3n) is 5.34. The van der Waals surface area contributed by atoms with Crippen LogP contribution >= 0.6 is 0 Å². The summed E-state index contributed by atoms with van der Waals surface area (Å²) in [5.74, 6) is 1.45. The van der Waals surface area contributed by atoms with E-state index < -0.39 is 0 Å². The third-order valence-corrected chi connectivity index (χ3v) is 5.34. The van der Waals surface area contributed by atoms with Crippen LogP contribution in [0.1, 0.15) is 17.5 Å². The van der Waals surface area contributed by atoms with E-state index in [2.05, 4.69) is 27.1 Å². The number of hydrogen-bond acceptors (Lipinski definition) is 6. The number of nitriles is 1. The molecular weight excluding hydrogens is 444 g/mol. The second-order valence-electron chi connectivity index (χ2n) is 7.80. The Morgan fingerprint density at radius 3 is 2.57 bits per heavy atom. The van der Waals surface area contributed by atoms with Crippen LogP contribution in [0, 0.1) is 18.3 Å². The van der Waals surface area contributed by atoms with Gasteiger partial charge in [0.25, 0.3) is 0 Å². The Bertz CT molecular complexity index is 1340. The third kappa shape index (κ3) is 5.69. The monoisotopic (exact) mass is 470 g/mol. The molecule has 0 atom stereocenters. The molecule has 2 aromatic heterocycles. The van der Waals surface area contributed by atoms with E-state index in [-0.39, 0.29) is 6.03 Å². The number of benzene rings is 2. The average Bonchev–Trinajstić information content (AvgIpc) is 3.19. The van der Waals surface area contributed by atoms with Crippen molar-refractivity contribution in [2.24, 2.45) is 0 Å². The maximum absolute atomic E-state index is 12.3. The lowest BCUT2D eigenvalue weighted by Crippen LogP contribution is -2.30. The number of nitrogens with zero attached hydrogens (tertiary/aromatic N) is 3. The Kier molecular flexibility index (Phi) is 7.45. The number of carbonyl (C=O) groups excluding carboxylic acids is 1. The van der Waals surface area contributed by atoms with E-state index in [1.54, 1.807) is 17.8 Å². The number of methoxy groups -OCH3 is 1. The fourth-order valence-corrected chi connectivity index (χ4v) is 3.59. The Hall–Kier alpha value is -4.55. The molecule has 0 unspecified atom stereocenters. The van der Waals surface area contributed by atoms with E-state index in [1.165, 1.54) is 6.20 Å². The van der Waals surface area contributed by atoms with Crippen LogP contribution in [0.3, 0.4) is 0 Å². The molecule has 0 saturated heterocycles. The minimum Gasteiger partial charge on any atom is -0.457 e. The quantitative estimate of drug-likeness (QED) is 0.290. The zero-order valence-corrected chi connectivity index (χ0v) is 19.5. The molecule has 4 rings (SSSR count). The summed E-state index contributed by atoms with van der Waals surface area (Å²) in [6.07, 6.45) is 3.94. The first kappa shape index (κ1) is 23.6. The smallest absolute Gasteiger partial charge is 0.319 e. The van der Waals surface area contributed by atoms with E-state index in [9.17, 15) is 10.1 Å². The minimum absolute atomic E-state index is 0.316. The molecule has 4 aromatic rings. The van der Waals surface area contributed by atoms with Gasteiger partial charge in [-0.3, -0.25) is 0 Å². The van der Waals surface area contributed by atoms with Crippen LogP contribution in [0.5, 0.6) is 11.5 Å². The molecule has 0 saturated carbocycles. The first-order valence-corrected chi connectivity index (χ1v) is 11.1. The van der Waals surface area contributed by atoms with Crippen molar-refractivity contribution >= 4 is 28.6 Å². The molecule has 35 heavy (non-hydrogen) atoms. The fourth-order valence-electron chi connectivity index (χ4n) is 3.59. The summed E-state index contributed by atoms with van der Waals surface area (Å²) in [5, 5.41) is 23.0. The Balaban J connectivity index is 1.55. The standard InChI is InChI=1S/C26H26N6O3/c1-18-23(31-26(33)28-13-6-14-34-2)17-32-25(18)24(19(15-27)16-29-32)30-20-9-11-22(12-10-20)35-21-7-4-3-5-8-21/h3-5,7-12,16-17,30H,6,13-14H2,1-2H3,(H2,28,31,33). The molecule has 178 valence electrons. The first-order valence-electron chi connectivity index (χ1n) is 11.1. The number of anilines is 3. The SMILES string of the molecule is COCCCNC(=O)Nc1cn2ncc(C#N)c(Nc3ccc(Oc4ccccc4)cc3)c2c1C. The highest BCUT2D eigenvalue weighted by molar-refractivity contribution is 5.94. The summed E-state index contributed by atoms with van der Waals surface area (Å²) in [7, 11) is 1.62. The van der Waals surface area contributed by atoms with Crippen molar-refractivity contribution in [2.75, 3.05) is 30.9 Å². The van der Waals surface area contributed by atoms with Gasteiger partial charge >= 0.3 is 6.03 Å². The lowest BCUT2D eigenvalue weighted by molar-refractivity contribution is 0.194. The maximum atomic E-state index is 12.3. The van der Waals surface area contributed by atoms with Gasteiger partial charge in [0.05, 0.1) is 34.8 Å². The van der Waals surface area contributed by atoms with Crippen molar-refractivity contribution in [3.8, 4) is 17.6 Å². The van der Waals surface area contributed by atoms with Crippen LogP contribution in [0.2, 0.25) is 0 Å². The van der Waals surface area contributed by atoms with Gasteiger partial charge < -0.3 is 25.4 Å². The fraction of sp³-hybridized carbons (Fsp3) is 0.192. The molecule has 0 aliphatic rings. The Morgan fingerprint density at radius 2 is 1.86 bits per heavy atom. The highest BCUT2D eigenvalue weighted by atomic mass is 16.5. The molecular formula is C26H26N6O3. The number of para-hydroxylation sites is 1. The summed E-state index contributed by atoms with van der Waals surface area (Å²) < 4.78 is 12.5. The zero-order chi connectivity index (χ0) is 24.6. The van der Waals surface area contributed by atoms with Gasteiger partial charge in [-0.15, -0.1) is 0 Å². The average molecular weight is 471 g/mol. The van der Waals surface area contributed by atoms with E-state index in [0.29, 0.717) is 41.4 Å². The van der Waals surface area contributed by atoms with Crippen LogP contribution in [0.15, 0.2) is 67.0 Å². The van der Waals surface area contributed by atoms with Gasteiger partial charge in [-0.05, 0) is 49.7 Å². The number of aromatic nitrogens is 2. The summed E-state index contributed by atoms with van der Waals surface area (Å²) in [5.41, 5.74) is 3.85. The van der Waals surface area contributed by atoms with Gasteiger partial charge in [0.2, 0.25) is 0 Å². The van der Waals surface area contributed by atoms with Gasteiger partial charge in [0.15, 0.2) is 0 Å². The van der Waals surface area contributed by atoms with Crippen molar-refractivity contribution in [3.05, 3.63) is 78.1 Å². The van der Waals surface area contributed by atoms with Gasteiger partial charge in [-0.2, -0.15) is 10.4 Å². The van der Waals surface area contributed by atoms with Crippen LogP contribution in [0.4, 0.5) is 21.9 Å². The second-order valence-corrected chi connectivity index (χ2v) is 7.80. The van der Waals surface area contributed by atoms with Crippen molar-refractivity contribution in [2.45, 2.75) is 13.3 Å². The molecule has 2 heterocycles. The summed E-state index contributed by atoms with van der Waals surface area (Å²) in [6, 6.07) is 18.9. The second kappa shape index (κ2) is 11.0. The van der Waals surface area contributed by atoms with Crippen molar-refractivity contribution < 1.29 is 14.3 Å². The number of fused-ring (bicyclic) bond motifs is 1. The number of amides is 2. The molecule has 2 aromatic carbocycles.